The molecule has 0 amide bonds. The van der Waals surface area contributed by atoms with Gasteiger partial charge in [-0.25, -0.2) is 4.79 Å². The molecule has 0 aromatic heterocycles. The molecule has 5 heteroatoms. The Morgan fingerprint density at radius 2 is 2.35 bits per heavy atom. The van der Waals surface area contributed by atoms with Gasteiger partial charge in [0.05, 0.1) is 7.11 Å². The molecule has 5 nitrogen and oxygen atoms in total. The van der Waals surface area contributed by atoms with Crippen LogP contribution >= 0.6 is 0 Å². The van der Waals surface area contributed by atoms with Crippen molar-refractivity contribution in [3.05, 3.63) is 11.6 Å². The number of aliphatic hydroxyl groups is 1. The Hall–Kier alpha value is -1.20. The Balaban J connectivity index is 3.01. The van der Waals surface area contributed by atoms with Gasteiger partial charge in [-0.1, -0.05) is 6.92 Å². The van der Waals surface area contributed by atoms with E-state index in [0.717, 1.165) is 12.8 Å². The van der Waals surface area contributed by atoms with E-state index in [0.29, 0.717) is 12.1 Å². The maximum absolute atomic E-state index is 11.5. The number of carbonyl (C=O) groups excluding carboxylic acids is 1. The first-order valence-corrected chi connectivity index (χ1v) is 5.69. The van der Waals surface area contributed by atoms with Crippen molar-refractivity contribution in [2.24, 2.45) is 10.9 Å². The highest BCUT2D eigenvalue weighted by atomic mass is 16.6. The third kappa shape index (κ3) is 3.38. The summed E-state index contributed by atoms with van der Waals surface area (Å²) in [4.78, 5) is 15.6. The molecule has 1 rings (SSSR count). The van der Waals surface area contributed by atoms with Crippen molar-refractivity contribution in [3.63, 3.8) is 0 Å². The standard InChI is InChI=1S/C12H19NO4/c1-4-8-5-6-13-10(12(15)17-3)7-9(8)11(14)16-2/h7-8,11,14H,4-6H2,1-3H3. The summed E-state index contributed by atoms with van der Waals surface area (Å²) in [7, 11) is 2.74. The number of hydrogen-bond donors (Lipinski definition) is 1. The number of esters is 1. The SMILES string of the molecule is CCC1CCN=C(C(=O)OC)C=C1C(O)OC. The molecule has 1 aliphatic rings. The molecule has 0 fully saturated rings. The Morgan fingerprint density at radius 3 is 2.88 bits per heavy atom. The molecule has 2 unspecified atom stereocenters. The first-order valence-electron chi connectivity index (χ1n) is 5.69. The first-order chi connectivity index (χ1) is 8.13. The topological polar surface area (TPSA) is 68.1 Å². The molecule has 0 saturated heterocycles. The Kier molecular flexibility index (Phi) is 5.31. The second-order valence-corrected chi connectivity index (χ2v) is 3.88. The van der Waals surface area contributed by atoms with Crippen LogP contribution in [0, 0.1) is 5.92 Å². The molecule has 1 aliphatic heterocycles. The number of aliphatic imine (C=N–C) groups is 1. The highest BCUT2D eigenvalue weighted by Gasteiger charge is 2.24. The summed E-state index contributed by atoms with van der Waals surface area (Å²) in [6.45, 7) is 2.59. The van der Waals surface area contributed by atoms with E-state index in [1.807, 2.05) is 6.92 Å². The van der Waals surface area contributed by atoms with Gasteiger partial charge in [0.2, 0.25) is 0 Å². The minimum atomic E-state index is -0.993. The first kappa shape index (κ1) is 13.9. The zero-order chi connectivity index (χ0) is 12.8. The minimum absolute atomic E-state index is 0.177. The van der Waals surface area contributed by atoms with Crippen LogP contribution < -0.4 is 0 Å². The predicted octanol–water partition coefficient (Wildman–Crippen LogP) is 0.921. The molecule has 2 atom stereocenters. The number of methoxy groups -OCH3 is 2. The van der Waals surface area contributed by atoms with Gasteiger partial charge in [0.15, 0.2) is 6.29 Å². The van der Waals surface area contributed by atoms with Crippen molar-refractivity contribution in [1.29, 1.82) is 0 Å². The molecule has 17 heavy (non-hydrogen) atoms. The number of aliphatic hydroxyl groups excluding tert-OH is 1. The molecule has 0 spiro atoms. The van der Waals surface area contributed by atoms with E-state index >= 15 is 0 Å². The average molecular weight is 241 g/mol. The molecule has 0 saturated carbocycles. The molecule has 0 aromatic rings. The lowest BCUT2D eigenvalue weighted by atomic mass is 9.92. The average Bonchev–Trinajstić information content (AvgIpc) is 2.58. The van der Waals surface area contributed by atoms with Crippen LogP contribution in [0.2, 0.25) is 0 Å². The number of hydrogen-bond acceptors (Lipinski definition) is 5. The zero-order valence-corrected chi connectivity index (χ0v) is 10.5. The van der Waals surface area contributed by atoms with E-state index in [9.17, 15) is 9.90 Å². The van der Waals surface area contributed by atoms with Gasteiger partial charge in [0.1, 0.15) is 5.71 Å². The highest BCUT2D eigenvalue weighted by Crippen LogP contribution is 2.25. The van der Waals surface area contributed by atoms with Crippen LogP contribution in [0.15, 0.2) is 16.6 Å². The molecular formula is C12H19NO4. The van der Waals surface area contributed by atoms with Crippen LogP contribution in [0.5, 0.6) is 0 Å². The van der Waals surface area contributed by atoms with Crippen molar-refractivity contribution in [1.82, 2.24) is 0 Å². The molecule has 0 radical (unpaired) electrons. The molecule has 0 aromatic carbocycles. The lowest BCUT2D eigenvalue weighted by molar-refractivity contribution is -0.132. The van der Waals surface area contributed by atoms with Crippen molar-refractivity contribution in [3.8, 4) is 0 Å². The summed E-state index contributed by atoms with van der Waals surface area (Å²) in [5.74, 6) is -0.307. The van der Waals surface area contributed by atoms with Crippen molar-refractivity contribution in [2.75, 3.05) is 20.8 Å². The maximum Gasteiger partial charge on any atom is 0.356 e. The van der Waals surface area contributed by atoms with Gasteiger partial charge in [0, 0.05) is 13.7 Å². The van der Waals surface area contributed by atoms with E-state index in [2.05, 4.69) is 9.73 Å². The van der Waals surface area contributed by atoms with Gasteiger partial charge in [0.25, 0.3) is 0 Å². The Labute approximate surface area is 101 Å². The molecule has 1 heterocycles. The van der Waals surface area contributed by atoms with E-state index in [1.165, 1.54) is 14.2 Å². The summed E-state index contributed by atoms with van der Waals surface area (Å²) in [5, 5.41) is 9.78. The Morgan fingerprint density at radius 1 is 1.65 bits per heavy atom. The number of rotatable bonds is 4. The molecule has 96 valence electrons. The summed E-state index contributed by atoms with van der Waals surface area (Å²) >= 11 is 0. The van der Waals surface area contributed by atoms with Crippen LogP contribution in [0.25, 0.3) is 0 Å². The second-order valence-electron chi connectivity index (χ2n) is 3.88. The van der Waals surface area contributed by atoms with Gasteiger partial charge < -0.3 is 14.6 Å². The fourth-order valence-electron chi connectivity index (χ4n) is 1.91. The fraction of sp³-hybridized carbons (Fsp3) is 0.667. The number of ether oxygens (including phenoxy) is 2. The maximum atomic E-state index is 11.5. The molecule has 1 N–H and O–H groups in total. The van der Waals surface area contributed by atoms with Gasteiger partial charge in [-0.2, -0.15) is 0 Å². The van der Waals surface area contributed by atoms with Crippen molar-refractivity contribution < 1.29 is 19.4 Å². The van der Waals surface area contributed by atoms with Crippen LogP contribution in [0.3, 0.4) is 0 Å². The van der Waals surface area contributed by atoms with Gasteiger partial charge in [-0.15, -0.1) is 0 Å². The quantitative estimate of drug-likeness (QED) is 0.587. The van der Waals surface area contributed by atoms with Gasteiger partial charge in [-0.05, 0) is 30.4 Å². The third-order valence-electron chi connectivity index (χ3n) is 2.93. The largest absolute Gasteiger partial charge is 0.464 e. The van der Waals surface area contributed by atoms with Gasteiger partial charge in [-0.3, -0.25) is 4.99 Å². The summed E-state index contributed by atoms with van der Waals surface area (Å²) < 4.78 is 9.56. The minimum Gasteiger partial charge on any atom is -0.464 e. The predicted molar refractivity (Wildman–Crippen MR) is 63.8 cm³/mol. The third-order valence-corrected chi connectivity index (χ3v) is 2.93. The molecular weight excluding hydrogens is 222 g/mol. The monoisotopic (exact) mass is 241 g/mol. The number of nitrogens with zero attached hydrogens (tertiary/aromatic N) is 1. The van der Waals surface area contributed by atoms with Gasteiger partial charge >= 0.3 is 5.97 Å². The molecule has 0 bridgehead atoms. The Bertz CT molecular complexity index is 335. The van der Waals surface area contributed by atoms with Crippen LogP contribution in [-0.2, 0) is 14.3 Å². The second kappa shape index (κ2) is 6.51. The summed E-state index contributed by atoms with van der Waals surface area (Å²) in [5.41, 5.74) is 0.936. The highest BCUT2D eigenvalue weighted by molar-refractivity contribution is 6.41. The number of carbonyl (C=O) groups is 1. The zero-order valence-electron chi connectivity index (χ0n) is 10.5. The smallest absolute Gasteiger partial charge is 0.356 e. The normalized spacial score (nSPS) is 22.2. The lowest BCUT2D eigenvalue weighted by Gasteiger charge is -2.20. The summed E-state index contributed by atoms with van der Waals surface area (Å²) in [6.07, 6.45) is 2.26. The fourth-order valence-corrected chi connectivity index (χ4v) is 1.91. The van der Waals surface area contributed by atoms with Crippen LogP contribution in [0.4, 0.5) is 0 Å². The van der Waals surface area contributed by atoms with E-state index in [-0.39, 0.29) is 11.6 Å². The van der Waals surface area contributed by atoms with Crippen molar-refractivity contribution >= 4 is 11.7 Å². The van der Waals surface area contributed by atoms with E-state index < -0.39 is 12.3 Å². The van der Waals surface area contributed by atoms with Crippen molar-refractivity contribution in [2.45, 2.75) is 26.1 Å². The molecule has 0 aliphatic carbocycles. The summed E-state index contributed by atoms with van der Waals surface area (Å²) in [6, 6.07) is 0. The lowest BCUT2D eigenvalue weighted by Crippen LogP contribution is -2.21. The van der Waals surface area contributed by atoms with Crippen LogP contribution in [-0.4, -0.2) is 43.8 Å². The van der Waals surface area contributed by atoms with Crippen LogP contribution in [0.1, 0.15) is 19.8 Å². The van der Waals surface area contributed by atoms with E-state index in [1.54, 1.807) is 6.08 Å². The van der Waals surface area contributed by atoms with E-state index in [4.69, 9.17) is 4.74 Å².